The molecule has 0 aromatic heterocycles. The predicted octanol–water partition coefficient (Wildman–Crippen LogP) is 12.7. The summed E-state index contributed by atoms with van der Waals surface area (Å²) in [6, 6.07) is 18.4. The molecule has 0 unspecified atom stereocenters. The van der Waals surface area contributed by atoms with Gasteiger partial charge in [-0.15, -0.1) is 0 Å². The summed E-state index contributed by atoms with van der Waals surface area (Å²) >= 11 is 20.7. The standard InChI is InChI=1S/C44H46Cl3N3O3/c45-33-4-1-29(48)13-36(33)51-39-16-32(43-17-23-7-24(18-43)9-25(8-23)19-43)41(52-37-14-30(49)2-5-34(37)46)40(42(39)53-38-15-31(50)3-6-35(38)47)44-20-26-10-27(21-44)12-28(11-26)22-44/h1-6,13-16,23-28H,7-12,17-22,48-50H2. The first-order valence-corrected chi connectivity index (χ1v) is 20.6. The van der Waals surface area contributed by atoms with E-state index in [1.807, 2.05) is 18.2 Å². The summed E-state index contributed by atoms with van der Waals surface area (Å²) in [6.45, 7) is 0. The van der Waals surface area contributed by atoms with Gasteiger partial charge in [-0.05, 0) is 160 Å². The van der Waals surface area contributed by atoms with Crippen molar-refractivity contribution in [1.29, 1.82) is 0 Å². The molecular formula is C44H46Cl3N3O3. The van der Waals surface area contributed by atoms with Gasteiger partial charge in [-0.2, -0.15) is 0 Å². The first kappa shape index (κ1) is 34.1. The van der Waals surface area contributed by atoms with Gasteiger partial charge in [-0.25, -0.2) is 0 Å². The van der Waals surface area contributed by atoms with E-state index in [4.69, 9.17) is 66.2 Å². The molecule has 4 aromatic carbocycles. The van der Waals surface area contributed by atoms with Crippen LogP contribution < -0.4 is 31.4 Å². The van der Waals surface area contributed by atoms with E-state index in [1.54, 1.807) is 36.4 Å². The molecule has 9 heteroatoms. The molecule has 0 spiro atoms. The Morgan fingerprint density at radius 2 is 0.792 bits per heavy atom. The minimum absolute atomic E-state index is 0.0844. The fraction of sp³-hybridized carbons (Fsp3) is 0.455. The van der Waals surface area contributed by atoms with Crippen molar-refractivity contribution >= 4 is 51.9 Å². The van der Waals surface area contributed by atoms with Gasteiger partial charge in [0.25, 0.3) is 0 Å². The van der Waals surface area contributed by atoms with Crippen molar-refractivity contribution in [2.24, 2.45) is 35.5 Å². The minimum Gasteiger partial charge on any atom is -0.455 e. The number of halogens is 3. The molecule has 53 heavy (non-hydrogen) atoms. The normalized spacial score (nSPS) is 31.9. The minimum atomic E-state index is -0.213. The van der Waals surface area contributed by atoms with Gasteiger partial charge < -0.3 is 31.4 Å². The van der Waals surface area contributed by atoms with E-state index in [0.717, 1.165) is 49.8 Å². The highest BCUT2D eigenvalue weighted by molar-refractivity contribution is 6.32. The lowest BCUT2D eigenvalue weighted by molar-refractivity contribution is -0.0107. The third-order valence-corrected chi connectivity index (χ3v) is 14.8. The van der Waals surface area contributed by atoms with Gasteiger partial charge in [0.05, 0.1) is 15.1 Å². The molecular weight excluding hydrogens is 725 g/mol. The van der Waals surface area contributed by atoms with Crippen molar-refractivity contribution in [2.45, 2.75) is 87.9 Å². The molecule has 0 aliphatic heterocycles. The van der Waals surface area contributed by atoms with Crippen LogP contribution in [0, 0.1) is 35.5 Å². The monoisotopic (exact) mass is 769 g/mol. The summed E-state index contributed by atoms with van der Waals surface area (Å²) in [7, 11) is 0. The van der Waals surface area contributed by atoms with E-state index in [2.05, 4.69) is 6.07 Å². The Hall–Kier alpha value is -3.45. The molecule has 276 valence electrons. The van der Waals surface area contributed by atoms with Crippen LogP contribution in [0.15, 0.2) is 60.7 Å². The second kappa shape index (κ2) is 12.5. The fourth-order valence-electron chi connectivity index (χ4n) is 12.8. The summed E-state index contributed by atoms with van der Waals surface area (Å²) in [6.07, 6.45) is 14.3. The Balaban J connectivity index is 1.29. The van der Waals surface area contributed by atoms with Gasteiger partial charge in [0.15, 0.2) is 11.5 Å². The molecule has 6 N–H and O–H groups in total. The Labute approximate surface area is 326 Å². The van der Waals surface area contributed by atoms with E-state index < -0.39 is 0 Å². The maximum Gasteiger partial charge on any atom is 0.177 e. The highest BCUT2D eigenvalue weighted by Gasteiger charge is 2.57. The van der Waals surface area contributed by atoms with Crippen LogP contribution in [-0.2, 0) is 10.8 Å². The maximum atomic E-state index is 7.36. The van der Waals surface area contributed by atoms with Crippen molar-refractivity contribution in [3.63, 3.8) is 0 Å². The van der Waals surface area contributed by atoms with Crippen molar-refractivity contribution in [1.82, 2.24) is 0 Å². The Morgan fingerprint density at radius 1 is 0.434 bits per heavy atom. The Kier molecular flexibility index (Phi) is 8.06. The number of hydrogen-bond acceptors (Lipinski definition) is 6. The van der Waals surface area contributed by atoms with E-state index in [0.29, 0.717) is 96.4 Å². The van der Waals surface area contributed by atoms with Gasteiger partial charge >= 0.3 is 0 Å². The summed E-state index contributed by atoms with van der Waals surface area (Å²) in [5, 5.41) is 1.43. The number of nitrogens with two attached hydrogens (primary N) is 3. The molecule has 6 nitrogen and oxygen atoms in total. The highest BCUT2D eigenvalue weighted by atomic mass is 35.5. The van der Waals surface area contributed by atoms with Crippen molar-refractivity contribution in [3.05, 3.63) is 86.9 Å². The molecule has 8 saturated carbocycles. The SMILES string of the molecule is Nc1ccc(Cl)c(Oc2cc(C34CC5CC(CC(C5)C3)C4)c(Oc3cc(N)ccc3Cl)c(C34CC5CC(CC(C5)C3)C4)c2Oc2cc(N)ccc2Cl)c1. The van der Waals surface area contributed by atoms with E-state index >= 15 is 0 Å². The summed E-state index contributed by atoms with van der Waals surface area (Å²) in [5.74, 6) is 7.51. The van der Waals surface area contributed by atoms with Gasteiger partial charge in [0.1, 0.15) is 23.0 Å². The number of nitrogen functional groups attached to an aromatic ring is 3. The van der Waals surface area contributed by atoms with Crippen molar-refractivity contribution < 1.29 is 14.2 Å². The van der Waals surface area contributed by atoms with Gasteiger partial charge in [0.2, 0.25) is 0 Å². The molecule has 0 saturated heterocycles. The first-order valence-electron chi connectivity index (χ1n) is 19.4. The van der Waals surface area contributed by atoms with Crippen molar-refractivity contribution in [2.75, 3.05) is 17.2 Å². The molecule has 8 bridgehead atoms. The third kappa shape index (κ3) is 5.90. The first-order chi connectivity index (χ1) is 25.5. The number of ether oxygens (including phenoxy) is 3. The third-order valence-electron chi connectivity index (χ3n) is 13.9. The van der Waals surface area contributed by atoms with E-state index in [9.17, 15) is 0 Å². The summed E-state index contributed by atoms with van der Waals surface area (Å²) in [5.41, 5.74) is 22.8. The van der Waals surface area contributed by atoms with Crippen LogP contribution >= 0.6 is 34.8 Å². The predicted molar refractivity (Wildman–Crippen MR) is 214 cm³/mol. The van der Waals surface area contributed by atoms with Gasteiger partial charge in [0, 0.05) is 51.8 Å². The van der Waals surface area contributed by atoms with E-state index in [1.165, 1.54) is 44.1 Å². The lowest BCUT2D eigenvalue weighted by Crippen LogP contribution is -2.50. The topological polar surface area (TPSA) is 106 Å². The molecule has 0 atom stereocenters. The zero-order valence-electron chi connectivity index (χ0n) is 29.8. The van der Waals surface area contributed by atoms with Crippen LogP contribution in [0.25, 0.3) is 0 Å². The lowest BCUT2D eigenvalue weighted by Gasteiger charge is -2.59. The average Bonchev–Trinajstić information content (AvgIpc) is 3.09. The molecule has 8 aliphatic carbocycles. The molecule has 4 aromatic rings. The van der Waals surface area contributed by atoms with Gasteiger partial charge in [-0.3, -0.25) is 0 Å². The van der Waals surface area contributed by atoms with Gasteiger partial charge in [-0.1, -0.05) is 34.8 Å². The number of rotatable bonds is 8. The molecule has 12 rings (SSSR count). The quantitative estimate of drug-likeness (QED) is 0.154. The second-order valence-corrected chi connectivity index (χ2v) is 18.9. The number of benzene rings is 4. The largest absolute Gasteiger partial charge is 0.455 e. The van der Waals surface area contributed by atoms with Crippen molar-refractivity contribution in [3.8, 4) is 34.5 Å². The average molecular weight is 771 g/mol. The van der Waals surface area contributed by atoms with Crippen LogP contribution in [0.2, 0.25) is 15.1 Å². The Bertz CT molecular complexity index is 2060. The van der Waals surface area contributed by atoms with Crippen LogP contribution in [0.1, 0.15) is 88.2 Å². The highest BCUT2D eigenvalue weighted by Crippen LogP contribution is 2.69. The number of hydrogen-bond donors (Lipinski definition) is 3. The van der Waals surface area contributed by atoms with Crippen LogP contribution in [0.5, 0.6) is 34.5 Å². The van der Waals surface area contributed by atoms with Crippen LogP contribution in [0.4, 0.5) is 17.1 Å². The number of anilines is 3. The molecule has 8 fully saturated rings. The summed E-state index contributed by atoms with van der Waals surface area (Å²) in [4.78, 5) is 0. The molecule has 0 radical (unpaired) electrons. The fourth-order valence-corrected chi connectivity index (χ4v) is 13.2. The smallest absolute Gasteiger partial charge is 0.177 e. The molecule has 8 aliphatic rings. The van der Waals surface area contributed by atoms with E-state index in [-0.39, 0.29) is 10.8 Å². The Morgan fingerprint density at radius 3 is 1.21 bits per heavy atom. The summed E-state index contributed by atoms with van der Waals surface area (Å²) < 4.78 is 21.5. The second-order valence-electron chi connectivity index (χ2n) is 17.7. The zero-order valence-corrected chi connectivity index (χ0v) is 32.1. The van der Waals surface area contributed by atoms with Crippen LogP contribution in [0.3, 0.4) is 0 Å². The maximum absolute atomic E-state index is 7.36. The lowest BCUT2D eigenvalue weighted by atomic mass is 9.46. The zero-order chi connectivity index (χ0) is 36.2. The molecule has 0 heterocycles. The molecule has 0 amide bonds. The van der Waals surface area contributed by atoms with Crippen LogP contribution in [-0.4, -0.2) is 0 Å².